The van der Waals surface area contributed by atoms with E-state index in [9.17, 15) is 10.1 Å². The van der Waals surface area contributed by atoms with Gasteiger partial charge in [-0.3, -0.25) is 4.79 Å². The molecule has 1 unspecified atom stereocenters. The van der Waals surface area contributed by atoms with Crippen molar-refractivity contribution < 1.29 is 4.74 Å². The number of ether oxygens (including phenoxy) is 1. The molecule has 2 aromatic rings. The van der Waals surface area contributed by atoms with Gasteiger partial charge in [0, 0.05) is 24.6 Å². The van der Waals surface area contributed by atoms with Crippen LogP contribution in [0.3, 0.4) is 0 Å². The fraction of sp³-hybridized carbons (Fsp3) is 0.524. The predicted octanol–water partition coefficient (Wildman–Crippen LogP) is 1.74. The third-order valence-corrected chi connectivity index (χ3v) is 6.09. The number of rotatable bonds is 3. The van der Waals surface area contributed by atoms with Gasteiger partial charge in [-0.25, -0.2) is 9.67 Å². The zero-order chi connectivity index (χ0) is 19.1. The zero-order valence-electron chi connectivity index (χ0n) is 15.9. The summed E-state index contributed by atoms with van der Waals surface area (Å²) < 4.78 is 7.12. The lowest BCUT2D eigenvalue weighted by atomic mass is 10.1. The molecule has 3 aliphatic rings. The number of aromatic nitrogens is 3. The van der Waals surface area contributed by atoms with Crippen LogP contribution < -0.4 is 10.5 Å². The summed E-state index contributed by atoms with van der Waals surface area (Å²) in [6.45, 7) is 2.58. The molecular weight excluding hydrogens is 354 g/mol. The highest BCUT2D eigenvalue weighted by molar-refractivity contribution is 5.57. The Labute approximate surface area is 163 Å². The Morgan fingerprint density at radius 3 is 3.00 bits per heavy atom. The van der Waals surface area contributed by atoms with E-state index in [2.05, 4.69) is 16.1 Å². The molecule has 0 saturated carbocycles. The van der Waals surface area contributed by atoms with Crippen molar-refractivity contribution in [3.63, 3.8) is 0 Å². The number of hydrogen-bond donors (Lipinski definition) is 0. The molecule has 1 saturated heterocycles. The highest BCUT2D eigenvalue weighted by Crippen LogP contribution is 2.30. The second-order valence-corrected chi connectivity index (χ2v) is 7.86. The van der Waals surface area contributed by atoms with Crippen molar-refractivity contribution in [3.8, 4) is 6.07 Å². The normalized spacial score (nSPS) is 20.7. The van der Waals surface area contributed by atoms with Crippen molar-refractivity contribution >= 4 is 5.82 Å². The quantitative estimate of drug-likeness (QED) is 0.810. The summed E-state index contributed by atoms with van der Waals surface area (Å²) in [6.07, 6.45) is 5.77. The van der Waals surface area contributed by atoms with E-state index in [-0.39, 0.29) is 11.6 Å². The van der Waals surface area contributed by atoms with E-state index in [1.54, 1.807) is 10.7 Å². The second-order valence-electron chi connectivity index (χ2n) is 7.86. The smallest absolute Gasteiger partial charge is 0.267 e. The van der Waals surface area contributed by atoms with Crippen LogP contribution in [0, 0.1) is 11.3 Å². The topological polar surface area (TPSA) is 84.0 Å². The van der Waals surface area contributed by atoms with Gasteiger partial charge in [0.15, 0.2) is 0 Å². The van der Waals surface area contributed by atoms with Gasteiger partial charge in [0.1, 0.15) is 11.9 Å². The summed E-state index contributed by atoms with van der Waals surface area (Å²) in [5.74, 6) is 0.750. The first-order valence-corrected chi connectivity index (χ1v) is 10.1. The Balaban J connectivity index is 1.47. The monoisotopic (exact) mass is 377 g/mol. The van der Waals surface area contributed by atoms with Gasteiger partial charge in [-0.1, -0.05) is 0 Å². The average Bonchev–Trinajstić information content (AvgIpc) is 3.36. The molecule has 0 amide bonds. The van der Waals surface area contributed by atoms with Crippen molar-refractivity contribution in [2.45, 2.75) is 57.7 Å². The van der Waals surface area contributed by atoms with Crippen molar-refractivity contribution in [1.82, 2.24) is 14.8 Å². The maximum absolute atomic E-state index is 12.5. The van der Waals surface area contributed by atoms with E-state index in [0.29, 0.717) is 25.3 Å². The summed E-state index contributed by atoms with van der Waals surface area (Å²) in [5.41, 5.74) is 4.77. The SMILES string of the molecule is N#Cc1cc2c(nc1N1CCCC1Cn1nc3c(cc1=O)CCC3)CCOC2. The van der Waals surface area contributed by atoms with Crippen LogP contribution in [0.2, 0.25) is 0 Å². The third kappa shape index (κ3) is 2.98. The molecule has 0 aromatic carbocycles. The average molecular weight is 377 g/mol. The minimum Gasteiger partial charge on any atom is -0.376 e. The van der Waals surface area contributed by atoms with E-state index < -0.39 is 0 Å². The van der Waals surface area contributed by atoms with Crippen LogP contribution >= 0.6 is 0 Å². The molecule has 7 heteroatoms. The van der Waals surface area contributed by atoms with Crippen molar-refractivity contribution in [1.29, 1.82) is 5.26 Å². The lowest BCUT2D eigenvalue weighted by molar-refractivity contribution is 0.109. The van der Waals surface area contributed by atoms with Gasteiger partial charge < -0.3 is 9.64 Å². The molecule has 1 fully saturated rings. The number of nitriles is 1. The largest absolute Gasteiger partial charge is 0.376 e. The van der Waals surface area contributed by atoms with Crippen molar-refractivity contribution in [2.75, 3.05) is 18.1 Å². The van der Waals surface area contributed by atoms with Crippen molar-refractivity contribution in [2.24, 2.45) is 0 Å². The van der Waals surface area contributed by atoms with Crippen LogP contribution in [0.15, 0.2) is 16.9 Å². The summed E-state index contributed by atoms with van der Waals surface area (Å²) in [7, 11) is 0. The molecule has 2 aromatic heterocycles. The second kappa shape index (κ2) is 7.02. The van der Waals surface area contributed by atoms with E-state index in [4.69, 9.17) is 9.72 Å². The number of fused-ring (bicyclic) bond motifs is 2. The first-order chi connectivity index (χ1) is 13.7. The highest BCUT2D eigenvalue weighted by Gasteiger charge is 2.30. The Morgan fingerprint density at radius 2 is 2.11 bits per heavy atom. The summed E-state index contributed by atoms with van der Waals surface area (Å²) in [6, 6.07) is 6.11. The zero-order valence-corrected chi connectivity index (χ0v) is 15.9. The van der Waals surface area contributed by atoms with Crippen LogP contribution in [0.1, 0.15) is 47.3 Å². The number of aryl methyl sites for hydroxylation is 2. The summed E-state index contributed by atoms with van der Waals surface area (Å²) in [5, 5.41) is 14.3. The van der Waals surface area contributed by atoms with Gasteiger partial charge in [0.2, 0.25) is 0 Å². The van der Waals surface area contributed by atoms with E-state index >= 15 is 0 Å². The van der Waals surface area contributed by atoms with Crippen LogP contribution in [-0.2, 0) is 37.2 Å². The van der Waals surface area contributed by atoms with Crippen molar-refractivity contribution in [3.05, 3.63) is 50.6 Å². The van der Waals surface area contributed by atoms with Gasteiger partial charge in [-0.05, 0) is 43.7 Å². The van der Waals surface area contributed by atoms with E-state index in [1.165, 1.54) is 0 Å². The lowest BCUT2D eigenvalue weighted by Gasteiger charge is -2.28. The van der Waals surface area contributed by atoms with E-state index in [1.807, 2.05) is 6.07 Å². The Hall–Kier alpha value is -2.72. The minimum atomic E-state index is -0.0245. The lowest BCUT2D eigenvalue weighted by Crippen LogP contribution is -2.38. The number of pyridine rings is 1. The molecule has 28 heavy (non-hydrogen) atoms. The van der Waals surface area contributed by atoms with Gasteiger partial charge >= 0.3 is 0 Å². The maximum Gasteiger partial charge on any atom is 0.267 e. The van der Waals surface area contributed by atoms with Crippen LogP contribution in [0.5, 0.6) is 0 Å². The first kappa shape index (κ1) is 17.4. The third-order valence-electron chi connectivity index (χ3n) is 6.09. The molecule has 1 atom stereocenters. The van der Waals surface area contributed by atoms with Gasteiger partial charge in [0.05, 0.1) is 42.8 Å². The van der Waals surface area contributed by atoms with E-state index in [0.717, 1.165) is 73.4 Å². The van der Waals surface area contributed by atoms with Crippen LogP contribution in [-0.4, -0.2) is 34.0 Å². The van der Waals surface area contributed by atoms with Gasteiger partial charge in [-0.2, -0.15) is 10.4 Å². The summed E-state index contributed by atoms with van der Waals surface area (Å²) in [4.78, 5) is 19.6. The fourth-order valence-electron chi connectivity index (χ4n) is 4.65. The number of hydrogen-bond acceptors (Lipinski definition) is 6. The molecular formula is C21H23N5O2. The standard InChI is InChI=1S/C21H23N5O2/c22-11-15-9-16-13-28-8-6-18(16)23-21(15)25-7-2-4-17(25)12-26-20(27)10-14-3-1-5-19(14)24-26/h9-10,17H,1-8,12-13H2. The molecule has 144 valence electrons. The first-order valence-electron chi connectivity index (χ1n) is 10.1. The van der Waals surface area contributed by atoms with Crippen LogP contribution in [0.25, 0.3) is 0 Å². The molecule has 0 spiro atoms. The molecule has 2 aliphatic heterocycles. The molecule has 5 rings (SSSR count). The fourth-order valence-corrected chi connectivity index (χ4v) is 4.65. The Kier molecular flexibility index (Phi) is 4.36. The van der Waals surface area contributed by atoms with Gasteiger partial charge in [0.25, 0.3) is 5.56 Å². The highest BCUT2D eigenvalue weighted by atomic mass is 16.5. The molecule has 0 N–H and O–H groups in total. The molecule has 1 aliphatic carbocycles. The number of anilines is 1. The summed E-state index contributed by atoms with van der Waals surface area (Å²) >= 11 is 0. The predicted molar refractivity (Wildman–Crippen MR) is 103 cm³/mol. The molecule has 0 bridgehead atoms. The Morgan fingerprint density at radius 1 is 1.18 bits per heavy atom. The minimum absolute atomic E-state index is 0.0245. The molecule has 0 radical (unpaired) electrons. The molecule has 7 nitrogen and oxygen atoms in total. The van der Waals surface area contributed by atoms with Gasteiger partial charge in [-0.15, -0.1) is 0 Å². The molecule has 4 heterocycles. The van der Waals surface area contributed by atoms with Crippen LogP contribution in [0.4, 0.5) is 5.82 Å². The number of nitrogens with zero attached hydrogens (tertiary/aromatic N) is 5. The Bertz CT molecular complexity index is 1020. The maximum atomic E-state index is 12.5.